The molecule has 2 amide bonds. The van der Waals surface area contributed by atoms with Crippen molar-refractivity contribution in [1.82, 2.24) is 9.99 Å². The summed E-state index contributed by atoms with van der Waals surface area (Å²) in [5.41, 5.74) is 5.14. The molecule has 2 heterocycles. The number of amides is 2. The van der Waals surface area contributed by atoms with Crippen LogP contribution in [0.15, 0.2) is 72.4 Å². The van der Waals surface area contributed by atoms with Gasteiger partial charge in [-0.3, -0.25) is 25.1 Å². The summed E-state index contributed by atoms with van der Waals surface area (Å²) in [6.45, 7) is 1.90. The molecule has 0 atom stereocenters. The van der Waals surface area contributed by atoms with Crippen LogP contribution >= 0.6 is 0 Å². The lowest BCUT2D eigenvalue weighted by molar-refractivity contribution is -0.384. The van der Waals surface area contributed by atoms with Gasteiger partial charge in [0.15, 0.2) is 0 Å². The van der Waals surface area contributed by atoms with Crippen molar-refractivity contribution in [3.05, 3.63) is 93.8 Å². The number of hydrogen-bond donors (Lipinski definition) is 1. The van der Waals surface area contributed by atoms with E-state index >= 15 is 0 Å². The lowest BCUT2D eigenvalue weighted by atomic mass is 10.2. The number of non-ortho nitro benzene ring substituents is 1. The van der Waals surface area contributed by atoms with Gasteiger partial charge in [-0.1, -0.05) is 18.2 Å². The number of anilines is 1. The predicted molar refractivity (Wildman–Crippen MR) is 107 cm³/mol. The monoisotopic (exact) mass is 388 g/mol. The van der Waals surface area contributed by atoms with Crippen molar-refractivity contribution in [2.24, 2.45) is 0 Å². The zero-order valence-electron chi connectivity index (χ0n) is 15.4. The number of nitrogens with one attached hydrogen (secondary N) is 1. The number of rotatable bonds is 4. The summed E-state index contributed by atoms with van der Waals surface area (Å²) in [6.07, 6.45) is 3.19. The molecule has 1 fully saturated rings. The number of nitro groups is 1. The van der Waals surface area contributed by atoms with Crippen molar-refractivity contribution >= 4 is 29.3 Å². The van der Waals surface area contributed by atoms with Crippen molar-refractivity contribution in [2.75, 3.05) is 5.01 Å². The van der Waals surface area contributed by atoms with E-state index in [2.05, 4.69) is 5.43 Å². The summed E-state index contributed by atoms with van der Waals surface area (Å²) in [4.78, 5) is 35.8. The van der Waals surface area contributed by atoms with Crippen LogP contribution in [0.5, 0.6) is 0 Å². The van der Waals surface area contributed by atoms with E-state index in [-0.39, 0.29) is 11.3 Å². The summed E-state index contributed by atoms with van der Waals surface area (Å²) >= 11 is 0. The molecular formula is C21H16N4O4. The molecule has 1 aromatic heterocycles. The molecule has 0 aliphatic carbocycles. The van der Waals surface area contributed by atoms with E-state index in [1.807, 2.05) is 13.0 Å². The average Bonchev–Trinajstić information content (AvgIpc) is 3.28. The second kappa shape index (κ2) is 7.08. The van der Waals surface area contributed by atoms with E-state index in [9.17, 15) is 19.7 Å². The maximum Gasteiger partial charge on any atom is 0.282 e. The highest BCUT2D eigenvalue weighted by Gasteiger charge is 2.34. The van der Waals surface area contributed by atoms with Gasteiger partial charge in [0.1, 0.15) is 5.57 Å². The molecule has 8 heteroatoms. The number of hydrogen-bond acceptors (Lipinski definition) is 4. The van der Waals surface area contributed by atoms with Crippen molar-refractivity contribution in [3.63, 3.8) is 0 Å². The summed E-state index contributed by atoms with van der Waals surface area (Å²) < 4.78 is 1.68. The number of aryl methyl sites for hydroxylation is 1. The highest BCUT2D eigenvalue weighted by molar-refractivity contribution is 6.31. The van der Waals surface area contributed by atoms with Gasteiger partial charge in [0, 0.05) is 24.0 Å². The van der Waals surface area contributed by atoms with Gasteiger partial charge in [-0.2, -0.15) is 0 Å². The average molecular weight is 388 g/mol. The summed E-state index contributed by atoms with van der Waals surface area (Å²) in [5.74, 6) is -0.976. The quantitative estimate of drug-likeness (QED) is 0.321. The third-order valence-electron chi connectivity index (χ3n) is 4.54. The van der Waals surface area contributed by atoms with Gasteiger partial charge in [0.25, 0.3) is 17.5 Å². The van der Waals surface area contributed by atoms with Crippen LogP contribution in [-0.4, -0.2) is 21.3 Å². The molecule has 0 saturated carbocycles. The molecule has 4 rings (SSSR count). The maximum atomic E-state index is 12.8. The maximum absolute atomic E-state index is 12.8. The number of nitro benzene ring substituents is 1. The minimum absolute atomic E-state index is 0.0168. The van der Waals surface area contributed by atoms with E-state index in [1.54, 1.807) is 53.2 Å². The Morgan fingerprint density at radius 1 is 1.00 bits per heavy atom. The first-order valence-corrected chi connectivity index (χ1v) is 8.80. The third-order valence-corrected chi connectivity index (χ3v) is 4.54. The predicted octanol–water partition coefficient (Wildman–Crippen LogP) is 3.16. The number of aromatic nitrogens is 1. The SMILES string of the molecule is Cc1cccc(N2NC(=O)/C(=C\c3cccn3-c3cccc([N+](=O)[O-])c3)C2=O)c1. The number of carbonyl (C=O) groups is 2. The zero-order valence-corrected chi connectivity index (χ0v) is 15.4. The zero-order chi connectivity index (χ0) is 20.5. The second-order valence-corrected chi connectivity index (χ2v) is 6.56. The molecule has 2 aromatic carbocycles. The number of nitrogens with zero attached hydrogens (tertiary/aromatic N) is 3. The minimum atomic E-state index is -0.511. The van der Waals surface area contributed by atoms with Gasteiger partial charge in [0.05, 0.1) is 16.3 Å². The van der Waals surface area contributed by atoms with E-state index < -0.39 is 16.7 Å². The molecule has 1 saturated heterocycles. The lowest BCUT2D eigenvalue weighted by Gasteiger charge is -2.14. The Labute approximate surface area is 165 Å². The highest BCUT2D eigenvalue weighted by Crippen LogP contribution is 2.24. The standard InChI is InChI=1S/C21H16N4O4/c1-14-5-2-7-17(11-14)24-21(27)19(20(26)22-24)13-16-9-4-10-23(16)15-6-3-8-18(12-15)25(28)29/h2-13H,1H3,(H,22,26)/b19-13+. The molecule has 1 aliphatic rings. The van der Waals surface area contributed by atoms with Crippen LogP contribution in [0, 0.1) is 17.0 Å². The molecule has 1 aliphatic heterocycles. The molecule has 3 aromatic rings. The number of benzene rings is 2. The van der Waals surface area contributed by atoms with Crippen LogP contribution < -0.4 is 10.4 Å². The van der Waals surface area contributed by atoms with Crippen LogP contribution in [0.1, 0.15) is 11.3 Å². The van der Waals surface area contributed by atoms with Gasteiger partial charge in [0.2, 0.25) is 0 Å². The fraction of sp³-hybridized carbons (Fsp3) is 0.0476. The lowest BCUT2D eigenvalue weighted by Crippen LogP contribution is -2.35. The highest BCUT2D eigenvalue weighted by atomic mass is 16.6. The largest absolute Gasteiger partial charge is 0.317 e. The molecule has 8 nitrogen and oxygen atoms in total. The first-order chi connectivity index (χ1) is 13.9. The molecule has 29 heavy (non-hydrogen) atoms. The van der Waals surface area contributed by atoms with Crippen LogP contribution in [0.2, 0.25) is 0 Å². The summed E-state index contributed by atoms with van der Waals surface area (Å²) in [7, 11) is 0. The Hall–Kier alpha value is -4.20. The molecule has 0 bridgehead atoms. The molecule has 1 N–H and O–H groups in total. The normalized spacial score (nSPS) is 15.1. The molecule has 0 unspecified atom stereocenters. The first-order valence-electron chi connectivity index (χ1n) is 8.80. The Morgan fingerprint density at radius 2 is 1.76 bits per heavy atom. The second-order valence-electron chi connectivity index (χ2n) is 6.56. The van der Waals surface area contributed by atoms with Gasteiger partial charge in [-0.15, -0.1) is 0 Å². The first kappa shape index (κ1) is 18.2. The van der Waals surface area contributed by atoms with Crippen molar-refractivity contribution in [1.29, 1.82) is 0 Å². The third kappa shape index (κ3) is 3.39. The smallest absolute Gasteiger partial charge is 0.282 e. The fourth-order valence-corrected chi connectivity index (χ4v) is 3.16. The van der Waals surface area contributed by atoms with E-state index in [0.717, 1.165) is 5.56 Å². The van der Waals surface area contributed by atoms with E-state index in [0.29, 0.717) is 17.1 Å². The Morgan fingerprint density at radius 3 is 2.52 bits per heavy atom. The fourth-order valence-electron chi connectivity index (χ4n) is 3.16. The molecular weight excluding hydrogens is 372 g/mol. The number of hydrazine groups is 1. The van der Waals surface area contributed by atoms with Crippen LogP contribution in [0.3, 0.4) is 0 Å². The van der Waals surface area contributed by atoms with Crippen molar-refractivity contribution in [2.45, 2.75) is 6.92 Å². The van der Waals surface area contributed by atoms with E-state index in [4.69, 9.17) is 0 Å². The topological polar surface area (TPSA) is 97.5 Å². The molecule has 0 radical (unpaired) electrons. The Balaban J connectivity index is 1.70. The van der Waals surface area contributed by atoms with Gasteiger partial charge < -0.3 is 4.57 Å². The van der Waals surface area contributed by atoms with Crippen LogP contribution in [0.4, 0.5) is 11.4 Å². The molecule has 144 valence electrons. The van der Waals surface area contributed by atoms with Crippen LogP contribution in [-0.2, 0) is 9.59 Å². The Bertz CT molecular complexity index is 1180. The summed E-state index contributed by atoms with van der Waals surface area (Å²) in [5, 5.41) is 12.3. The van der Waals surface area contributed by atoms with Crippen LogP contribution in [0.25, 0.3) is 11.8 Å². The van der Waals surface area contributed by atoms with Gasteiger partial charge in [-0.25, -0.2) is 5.01 Å². The van der Waals surface area contributed by atoms with Gasteiger partial charge >= 0.3 is 0 Å². The van der Waals surface area contributed by atoms with E-state index in [1.165, 1.54) is 23.2 Å². The molecule has 0 spiro atoms. The van der Waals surface area contributed by atoms with Crippen molar-refractivity contribution < 1.29 is 14.5 Å². The summed E-state index contributed by atoms with van der Waals surface area (Å²) in [6, 6.07) is 16.8. The number of carbonyl (C=O) groups excluding carboxylic acids is 2. The van der Waals surface area contributed by atoms with Gasteiger partial charge in [-0.05, 0) is 48.9 Å². The minimum Gasteiger partial charge on any atom is -0.317 e. The van der Waals surface area contributed by atoms with Crippen molar-refractivity contribution in [3.8, 4) is 5.69 Å². The Kier molecular flexibility index (Phi) is 4.44.